The Balaban J connectivity index is -0.000000807. The van der Waals surface area contributed by atoms with E-state index in [4.69, 9.17) is 10.2 Å². The van der Waals surface area contributed by atoms with Crippen LogP contribution in [0.2, 0.25) is 0 Å². The van der Waals surface area contributed by atoms with E-state index in [9.17, 15) is 39.6 Å². The largest absolute Gasteiger partial charge is 2.00 e. The van der Waals surface area contributed by atoms with E-state index in [1.54, 1.807) is 0 Å². The molecule has 13 heteroatoms. The Bertz CT molecular complexity index is 697. The number of aliphatic hydroxyl groups excluding tert-OH is 2. The van der Waals surface area contributed by atoms with Crippen molar-refractivity contribution < 1.29 is 58.8 Å². The SMILES string of the molecule is CCCCCCCC[N+](CO)(CCCC(=O)[O-])CCCC(=O)O.CCCCCCCC[N+](CO)(CCCC(=O)[O-])CCCC(=O)O.[Ca+2]. The third-order valence-electron chi connectivity index (χ3n) is 8.64. The van der Waals surface area contributed by atoms with Crippen LogP contribution in [0.5, 0.6) is 0 Å². The molecule has 0 aliphatic heterocycles. The monoisotopic (exact) mass is 702 g/mol. The third kappa shape index (κ3) is 32.0. The van der Waals surface area contributed by atoms with Crippen molar-refractivity contribution in [1.29, 1.82) is 0 Å². The molecule has 0 saturated heterocycles. The summed E-state index contributed by atoms with van der Waals surface area (Å²) in [7, 11) is 0. The number of carbonyl (C=O) groups is 4. The standard InChI is InChI=1S/2C17H33NO5.Ca/c2*1-2-3-4-5-6-7-12-18(15-19,13-8-10-16(20)21)14-9-11-17(22)23;/h2*19H,2-15H2,1H3,(H-,20,21,22,23);/q;;+2. The zero-order chi connectivity index (χ0) is 35.1. The molecular weight excluding hydrogens is 636 g/mol. The molecule has 2 atom stereocenters. The van der Waals surface area contributed by atoms with Gasteiger partial charge >= 0.3 is 49.7 Å². The van der Waals surface area contributed by atoms with Gasteiger partial charge in [-0.05, 0) is 38.5 Å². The Hall–Kier alpha value is -1.02. The van der Waals surface area contributed by atoms with Crippen LogP contribution in [0.3, 0.4) is 0 Å². The number of hydrogen-bond donors (Lipinski definition) is 4. The second-order valence-corrected chi connectivity index (χ2v) is 12.8. The summed E-state index contributed by atoms with van der Waals surface area (Å²) in [6, 6.07) is 0. The van der Waals surface area contributed by atoms with Gasteiger partial charge in [0.25, 0.3) is 0 Å². The van der Waals surface area contributed by atoms with Crippen molar-refractivity contribution in [2.75, 3.05) is 52.7 Å². The van der Waals surface area contributed by atoms with Gasteiger partial charge in [0.05, 0.1) is 52.1 Å². The third-order valence-corrected chi connectivity index (χ3v) is 8.64. The number of carboxylic acids is 4. The predicted octanol–water partition coefficient (Wildman–Crippen LogP) is 2.64. The summed E-state index contributed by atoms with van der Waals surface area (Å²) in [5, 5.41) is 58.3. The molecule has 0 rings (SSSR count). The van der Waals surface area contributed by atoms with E-state index in [1.165, 1.54) is 51.4 Å². The fourth-order valence-corrected chi connectivity index (χ4v) is 5.80. The predicted molar refractivity (Wildman–Crippen MR) is 179 cm³/mol. The maximum Gasteiger partial charge on any atom is 2.00 e. The smallest absolute Gasteiger partial charge is 0.550 e. The molecule has 0 fully saturated rings. The van der Waals surface area contributed by atoms with Crippen LogP contribution in [0, 0.1) is 0 Å². The fraction of sp³-hybridized carbons (Fsp3) is 0.882. The summed E-state index contributed by atoms with van der Waals surface area (Å²) in [6.45, 7) is 8.02. The fourth-order valence-electron chi connectivity index (χ4n) is 5.80. The van der Waals surface area contributed by atoms with Gasteiger partial charge in [-0.25, -0.2) is 0 Å². The second kappa shape index (κ2) is 33.5. The first-order chi connectivity index (χ1) is 21.9. The summed E-state index contributed by atoms with van der Waals surface area (Å²) >= 11 is 0. The number of aliphatic hydroxyl groups is 2. The minimum absolute atomic E-state index is 0. The maximum absolute atomic E-state index is 10.7. The Labute approximate surface area is 313 Å². The average molecular weight is 703 g/mol. The van der Waals surface area contributed by atoms with Gasteiger partial charge in [-0.15, -0.1) is 0 Å². The van der Waals surface area contributed by atoms with Crippen molar-refractivity contribution in [3.63, 3.8) is 0 Å². The summed E-state index contributed by atoms with van der Waals surface area (Å²) in [4.78, 5) is 42.5. The van der Waals surface area contributed by atoms with Gasteiger partial charge in [0.15, 0.2) is 13.5 Å². The first kappa shape index (κ1) is 50.4. The van der Waals surface area contributed by atoms with Crippen LogP contribution in [0.1, 0.15) is 142 Å². The molecule has 0 aromatic carbocycles. The van der Waals surface area contributed by atoms with Crippen molar-refractivity contribution in [2.45, 2.75) is 142 Å². The van der Waals surface area contributed by atoms with Gasteiger partial charge in [0.1, 0.15) is 0 Å². The number of hydrogen-bond acceptors (Lipinski definition) is 8. The topological polar surface area (TPSA) is 195 Å². The molecule has 0 aliphatic rings. The van der Waals surface area contributed by atoms with Crippen LogP contribution in [0.4, 0.5) is 0 Å². The zero-order valence-electron chi connectivity index (χ0n) is 29.6. The van der Waals surface area contributed by atoms with Crippen LogP contribution in [-0.2, 0) is 19.2 Å². The van der Waals surface area contributed by atoms with Crippen LogP contribution in [0.15, 0.2) is 0 Å². The van der Waals surface area contributed by atoms with Crippen molar-refractivity contribution in [3.8, 4) is 0 Å². The van der Waals surface area contributed by atoms with Crippen LogP contribution in [0.25, 0.3) is 0 Å². The zero-order valence-corrected chi connectivity index (χ0v) is 31.8. The van der Waals surface area contributed by atoms with E-state index in [0.29, 0.717) is 60.8 Å². The average Bonchev–Trinajstić information content (AvgIpc) is 2.99. The quantitative estimate of drug-likeness (QED) is 0.0350. The molecule has 0 aromatic rings. The minimum atomic E-state index is -1.08. The molecule has 0 saturated carbocycles. The molecule has 0 heterocycles. The van der Waals surface area contributed by atoms with Crippen molar-refractivity contribution >= 4 is 61.6 Å². The summed E-state index contributed by atoms with van der Waals surface area (Å²) in [5.41, 5.74) is 0. The molecule has 0 bridgehead atoms. The van der Waals surface area contributed by atoms with E-state index in [-0.39, 0.29) is 76.9 Å². The summed E-state index contributed by atoms with van der Waals surface area (Å²) < 4.78 is 0.794. The number of nitrogens with zero attached hydrogens (tertiary/aromatic N) is 2. The Morgan fingerprint density at radius 1 is 0.447 bits per heavy atom. The van der Waals surface area contributed by atoms with Crippen molar-refractivity contribution in [3.05, 3.63) is 0 Å². The Morgan fingerprint density at radius 2 is 0.702 bits per heavy atom. The van der Waals surface area contributed by atoms with Gasteiger partial charge in [-0.1, -0.05) is 65.2 Å². The number of carbonyl (C=O) groups excluding carboxylic acids is 2. The summed E-state index contributed by atoms with van der Waals surface area (Å²) in [5.74, 6) is -3.83. The van der Waals surface area contributed by atoms with Gasteiger partial charge in [0.2, 0.25) is 0 Å². The number of unbranched alkanes of at least 4 members (excludes halogenated alkanes) is 10. The molecule has 0 spiro atoms. The number of aliphatic carboxylic acids is 4. The van der Waals surface area contributed by atoms with Crippen LogP contribution >= 0.6 is 0 Å². The maximum atomic E-state index is 10.7. The van der Waals surface area contributed by atoms with Crippen molar-refractivity contribution in [2.24, 2.45) is 0 Å². The number of rotatable bonds is 32. The molecule has 0 aromatic heterocycles. The first-order valence-corrected chi connectivity index (χ1v) is 17.7. The van der Waals surface area contributed by atoms with Crippen molar-refractivity contribution in [1.82, 2.24) is 0 Å². The molecular formula is C34H66CaN2O10+2. The Kier molecular flexibility index (Phi) is 35.9. The molecule has 12 nitrogen and oxygen atoms in total. The van der Waals surface area contributed by atoms with Crippen LogP contribution < -0.4 is 10.2 Å². The molecule has 47 heavy (non-hydrogen) atoms. The van der Waals surface area contributed by atoms with Crippen LogP contribution in [-0.4, -0.2) is 144 Å². The number of carboxylic acid groups (broad SMARTS) is 4. The second-order valence-electron chi connectivity index (χ2n) is 12.8. The molecule has 0 radical (unpaired) electrons. The molecule has 2 unspecified atom stereocenters. The van der Waals surface area contributed by atoms with E-state index in [1.807, 2.05) is 0 Å². The molecule has 272 valence electrons. The Morgan fingerprint density at radius 3 is 0.957 bits per heavy atom. The minimum Gasteiger partial charge on any atom is -0.550 e. The normalized spacial score (nSPS) is 13.4. The molecule has 0 aliphatic carbocycles. The van der Waals surface area contributed by atoms with E-state index in [0.717, 1.165) is 38.8 Å². The summed E-state index contributed by atoms with van der Waals surface area (Å²) in [6.07, 6.45) is 15.8. The van der Waals surface area contributed by atoms with E-state index in [2.05, 4.69) is 13.8 Å². The van der Waals surface area contributed by atoms with Gasteiger partial charge in [-0.2, -0.15) is 0 Å². The molecule has 0 amide bonds. The van der Waals surface area contributed by atoms with Gasteiger partial charge < -0.3 is 49.2 Å². The van der Waals surface area contributed by atoms with Gasteiger partial charge in [0, 0.05) is 37.6 Å². The number of quaternary nitrogens is 2. The van der Waals surface area contributed by atoms with Gasteiger partial charge in [-0.3, -0.25) is 9.59 Å². The van der Waals surface area contributed by atoms with E-state index >= 15 is 0 Å². The van der Waals surface area contributed by atoms with E-state index < -0.39 is 23.9 Å². The first-order valence-electron chi connectivity index (χ1n) is 17.7. The molecule has 4 N–H and O–H groups in total.